The van der Waals surface area contributed by atoms with E-state index in [-0.39, 0.29) is 5.41 Å². The highest BCUT2D eigenvalue weighted by Crippen LogP contribution is 2.51. The van der Waals surface area contributed by atoms with Crippen molar-refractivity contribution in [3.8, 4) is 33.4 Å². The molecule has 0 bridgehead atoms. The lowest BCUT2D eigenvalue weighted by molar-refractivity contribution is 0.661. The summed E-state index contributed by atoms with van der Waals surface area (Å²) in [6, 6.07) is 77.3. The number of hydrogen-bond donors (Lipinski definition) is 0. The van der Waals surface area contributed by atoms with Crippen molar-refractivity contribution in [1.82, 2.24) is 0 Å². The summed E-state index contributed by atoms with van der Waals surface area (Å²) < 4.78 is 0. The molecule has 10 rings (SSSR count). The van der Waals surface area contributed by atoms with Gasteiger partial charge in [0.05, 0.1) is 0 Å². The van der Waals surface area contributed by atoms with E-state index in [9.17, 15) is 0 Å². The van der Waals surface area contributed by atoms with E-state index in [2.05, 4.69) is 220 Å². The average molecular weight is 705 g/mol. The van der Waals surface area contributed by atoms with Gasteiger partial charge in [-0.1, -0.05) is 214 Å². The van der Waals surface area contributed by atoms with Crippen LogP contribution in [0.4, 0.5) is 0 Å². The molecule has 0 spiro atoms. The number of fused-ring (bicyclic) bond motifs is 5. The fourth-order valence-corrected chi connectivity index (χ4v) is 14.3. The third kappa shape index (κ3) is 4.82. The highest BCUT2D eigenvalue weighted by Gasteiger charge is 2.44. The SMILES string of the molecule is CC1(C)c2cc(-c3c4ccccc4c(-c4ccccc4)c4ccccc34)ccc2-c2ccc([Si](c3ccccc3)(c3ccccc3)c3ccccc3)cc21. The zero-order chi connectivity index (χ0) is 36.3. The molecule has 0 unspecified atom stereocenters. The van der Waals surface area contributed by atoms with E-state index in [1.165, 1.54) is 86.8 Å². The van der Waals surface area contributed by atoms with Crippen LogP contribution in [0, 0.1) is 0 Å². The van der Waals surface area contributed by atoms with Crippen molar-refractivity contribution >= 4 is 50.4 Å². The van der Waals surface area contributed by atoms with Gasteiger partial charge in [-0.2, -0.15) is 0 Å². The van der Waals surface area contributed by atoms with Crippen molar-refractivity contribution < 1.29 is 0 Å². The van der Waals surface area contributed by atoms with Crippen LogP contribution < -0.4 is 20.7 Å². The first-order chi connectivity index (χ1) is 26.6. The van der Waals surface area contributed by atoms with E-state index < -0.39 is 8.07 Å². The molecule has 0 aromatic heterocycles. The van der Waals surface area contributed by atoms with Gasteiger partial charge in [-0.05, 0) is 92.9 Å². The summed E-state index contributed by atoms with van der Waals surface area (Å²) in [5.41, 5.74) is 10.4. The Morgan fingerprint density at radius 3 is 1.15 bits per heavy atom. The minimum Gasteiger partial charge on any atom is -0.0623 e. The maximum atomic E-state index is 2.58. The molecule has 0 atom stereocenters. The van der Waals surface area contributed by atoms with E-state index in [0.717, 1.165) is 0 Å². The van der Waals surface area contributed by atoms with Gasteiger partial charge in [0.1, 0.15) is 0 Å². The maximum absolute atomic E-state index is 2.67. The van der Waals surface area contributed by atoms with Crippen molar-refractivity contribution in [3.63, 3.8) is 0 Å². The van der Waals surface area contributed by atoms with E-state index in [4.69, 9.17) is 0 Å². The monoisotopic (exact) mass is 704 g/mol. The van der Waals surface area contributed by atoms with Crippen LogP contribution in [0.25, 0.3) is 54.9 Å². The van der Waals surface area contributed by atoms with Gasteiger partial charge in [-0.3, -0.25) is 0 Å². The van der Waals surface area contributed by atoms with Gasteiger partial charge >= 0.3 is 0 Å². The molecule has 0 saturated carbocycles. The van der Waals surface area contributed by atoms with E-state index in [1.807, 2.05) is 0 Å². The first-order valence-corrected chi connectivity index (χ1v) is 21.0. The van der Waals surface area contributed by atoms with Crippen molar-refractivity contribution in [2.24, 2.45) is 0 Å². The predicted octanol–water partition coefficient (Wildman–Crippen LogP) is 11.0. The van der Waals surface area contributed by atoms with Gasteiger partial charge in [-0.15, -0.1) is 0 Å². The van der Waals surface area contributed by atoms with Gasteiger partial charge in [0.15, 0.2) is 8.07 Å². The Labute approximate surface area is 319 Å². The third-order valence-electron chi connectivity index (χ3n) is 12.0. The second-order valence-corrected chi connectivity index (χ2v) is 19.0. The smallest absolute Gasteiger partial charge is 0.0623 e. The summed E-state index contributed by atoms with van der Waals surface area (Å²) in [6.45, 7) is 4.85. The molecule has 9 aromatic rings. The molecule has 0 nitrogen and oxygen atoms in total. The van der Waals surface area contributed by atoms with Crippen LogP contribution >= 0.6 is 0 Å². The van der Waals surface area contributed by atoms with E-state index in [0.29, 0.717) is 0 Å². The Morgan fingerprint density at radius 2 is 0.685 bits per heavy atom. The molecular formula is C53H40Si. The molecule has 0 amide bonds. The molecule has 1 aliphatic rings. The molecule has 1 heteroatoms. The second kappa shape index (κ2) is 12.7. The number of rotatable bonds is 6. The maximum Gasteiger partial charge on any atom is 0.179 e. The standard InChI is InChI=1S/C53H40Si/c1-53(2)49-35-38(52-47-29-17-15-27-45(47)51(37-19-7-3-8-20-37)46-28-16-18-30-48(46)52)31-33-43(49)44-34-32-42(36-50(44)53)54(39-21-9-4-10-22-39,40-23-11-5-12-24-40)41-25-13-6-14-26-41/h3-36H,1-2H3. The summed E-state index contributed by atoms with van der Waals surface area (Å²) >= 11 is 0. The molecule has 0 saturated heterocycles. The number of benzene rings is 9. The fourth-order valence-electron chi connectivity index (χ4n) is 9.55. The quantitative estimate of drug-likeness (QED) is 0.0918. The van der Waals surface area contributed by atoms with Crippen LogP contribution in [-0.2, 0) is 5.41 Å². The Hall–Kier alpha value is -6.28. The van der Waals surface area contributed by atoms with Gasteiger partial charge < -0.3 is 0 Å². The summed E-state index contributed by atoms with van der Waals surface area (Å²) in [6.07, 6.45) is 0. The van der Waals surface area contributed by atoms with Crippen LogP contribution in [0.1, 0.15) is 25.0 Å². The minimum atomic E-state index is -2.67. The molecule has 0 N–H and O–H groups in total. The second-order valence-electron chi connectivity index (χ2n) is 15.2. The lowest BCUT2D eigenvalue weighted by Gasteiger charge is -2.35. The highest BCUT2D eigenvalue weighted by molar-refractivity contribution is 7.19. The van der Waals surface area contributed by atoms with Gasteiger partial charge in [0, 0.05) is 5.41 Å². The molecule has 0 radical (unpaired) electrons. The molecule has 256 valence electrons. The molecule has 54 heavy (non-hydrogen) atoms. The Morgan fingerprint density at radius 1 is 0.315 bits per heavy atom. The van der Waals surface area contributed by atoms with Gasteiger partial charge in [-0.25, -0.2) is 0 Å². The molecule has 9 aromatic carbocycles. The lowest BCUT2D eigenvalue weighted by Crippen LogP contribution is -2.74. The number of hydrogen-bond acceptors (Lipinski definition) is 0. The van der Waals surface area contributed by atoms with Crippen LogP contribution in [0.2, 0.25) is 0 Å². The molecular weight excluding hydrogens is 665 g/mol. The van der Waals surface area contributed by atoms with Crippen LogP contribution in [0.3, 0.4) is 0 Å². The van der Waals surface area contributed by atoms with E-state index >= 15 is 0 Å². The third-order valence-corrected chi connectivity index (χ3v) is 16.8. The first kappa shape index (κ1) is 32.4. The largest absolute Gasteiger partial charge is 0.179 e. The Kier molecular flexibility index (Phi) is 7.61. The highest BCUT2D eigenvalue weighted by atomic mass is 28.3. The fraction of sp³-hybridized carbons (Fsp3) is 0.0566. The molecule has 0 aliphatic heterocycles. The lowest BCUT2D eigenvalue weighted by atomic mass is 9.80. The van der Waals surface area contributed by atoms with Crippen molar-refractivity contribution in [2.45, 2.75) is 19.3 Å². The van der Waals surface area contributed by atoms with Crippen molar-refractivity contribution in [1.29, 1.82) is 0 Å². The summed E-state index contributed by atoms with van der Waals surface area (Å²) in [7, 11) is -2.67. The van der Waals surface area contributed by atoms with Crippen LogP contribution in [0.15, 0.2) is 206 Å². The summed E-state index contributed by atoms with van der Waals surface area (Å²) in [4.78, 5) is 0. The van der Waals surface area contributed by atoms with Gasteiger partial charge in [0.25, 0.3) is 0 Å². The van der Waals surface area contributed by atoms with E-state index in [1.54, 1.807) is 0 Å². The zero-order valence-electron chi connectivity index (χ0n) is 30.6. The zero-order valence-corrected chi connectivity index (χ0v) is 31.6. The van der Waals surface area contributed by atoms with Crippen molar-refractivity contribution in [2.75, 3.05) is 0 Å². The Balaban J connectivity index is 1.18. The van der Waals surface area contributed by atoms with Crippen LogP contribution in [-0.4, -0.2) is 8.07 Å². The summed E-state index contributed by atoms with van der Waals surface area (Å²) in [5, 5.41) is 10.8. The first-order valence-electron chi connectivity index (χ1n) is 19.0. The average Bonchev–Trinajstić information content (AvgIpc) is 3.46. The molecule has 0 fully saturated rings. The minimum absolute atomic E-state index is 0.198. The Bertz CT molecular complexity index is 2670. The van der Waals surface area contributed by atoms with Crippen molar-refractivity contribution in [3.05, 3.63) is 217 Å². The normalized spacial score (nSPS) is 13.1. The van der Waals surface area contributed by atoms with Gasteiger partial charge in [0.2, 0.25) is 0 Å². The molecule has 0 heterocycles. The van der Waals surface area contributed by atoms with Crippen LogP contribution in [0.5, 0.6) is 0 Å². The summed E-state index contributed by atoms with van der Waals surface area (Å²) in [5.74, 6) is 0. The molecule has 1 aliphatic carbocycles. The topological polar surface area (TPSA) is 0 Å². The predicted molar refractivity (Wildman–Crippen MR) is 234 cm³/mol.